The zero-order valence-electron chi connectivity index (χ0n) is 37.8. The first-order chi connectivity index (χ1) is 33.0. The van der Waals surface area contributed by atoms with Crippen molar-refractivity contribution in [2.45, 2.75) is 73.8 Å². The van der Waals surface area contributed by atoms with Gasteiger partial charge >= 0.3 is 0 Å². The lowest BCUT2D eigenvalue weighted by Crippen LogP contribution is -2.49. The van der Waals surface area contributed by atoms with Crippen molar-refractivity contribution in [3.05, 3.63) is 216 Å². The van der Waals surface area contributed by atoms with Crippen LogP contribution in [0.25, 0.3) is 11.2 Å². The Kier molecular flexibility index (Phi) is 12.8. The molecule has 67 heavy (non-hydrogen) atoms. The lowest BCUT2D eigenvalue weighted by Gasteiger charge is -2.37. The van der Waals surface area contributed by atoms with Crippen molar-refractivity contribution < 1.29 is 24.1 Å². The summed E-state index contributed by atoms with van der Waals surface area (Å²) in [6, 6.07) is 57.0. The van der Waals surface area contributed by atoms with Crippen molar-refractivity contribution in [3.8, 4) is 11.5 Å². The predicted molar refractivity (Wildman–Crippen MR) is 260 cm³/mol. The van der Waals surface area contributed by atoms with Gasteiger partial charge in [0, 0.05) is 6.04 Å². The molecule has 2 aromatic heterocycles. The molecule has 1 aliphatic carbocycles. The van der Waals surface area contributed by atoms with Gasteiger partial charge in [-0.25, -0.2) is 15.0 Å². The fraction of sp³-hybridized carbons (Fsp3) is 0.268. The van der Waals surface area contributed by atoms with E-state index in [1.165, 1.54) is 6.42 Å². The van der Waals surface area contributed by atoms with E-state index in [9.17, 15) is 5.11 Å². The van der Waals surface area contributed by atoms with Gasteiger partial charge in [-0.3, -0.25) is 4.57 Å². The van der Waals surface area contributed by atoms with Crippen LogP contribution in [0.5, 0.6) is 11.5 Å². The zero-order chi connectivity index (χ0) is 45.6. The van der Waals surface area contributed by atoms with Crippen LogP contribution in [0, 0.1) is 0 Å². The van der Waals surface area contributed by atoms with E-state index in [0.717, 1.165) is 70.6 Å². The van der Waals surface area contributed by atoms with E-state index in [1.54, 1.807) is 26.9 Å². The highest BCUT2D eigenvalue weighted by atomic mass is 16.6. The Morgan fingerprint density at radius 3 is 1.64 bits per heavy atom. The Morgan fingerprint density at radius 2 is 1.10 bits per heavy atom. The van der Waals surface area contributed by atoms with Crippen LogP contribution in [0.15, 0.2) is 183 Å². The molecule has 1 aliphatic heterocycles. The van der Waals surface area contributed by atoms with Crippen molar-refractivity contribution in [1.29, 1.82) is 0 Å². The standard InChI is InChI=1S/C56H56N6O5/c1-64-46-32-28-41(29-33-46)55(39-18-8-3-9-19-39,40-20-10-4-11-21-40)61-52-50-53(58-37-57-52)62(38-59-50)54-49(60-45-26-16-7-17-27-45)51(63)48(67-54)36-66-56(42-22-12-5-13-23-42,43-24-14-6-15-25-43)44-30-34-47(65-2)35-31-44/h3-6,8-15,18-25,28-35,37-38,45,48-49,51,54,60,63H,7,16-17,26-27,36H2,1-2H3,(H,57,58,61)/t48-,49-,51-,54-/m1/s1. The Balaban J connectivity index is 1.04. The lowest BCUT2D eigenvalue weighted by atomic mass is 9.77. The molecule has 3 N–H and O–H groups in total. The molecule has 340 valence electrons. The fourth-order valence-electron chi connectivity index (χ4n) is 10.2. The van der Waals surface area contributed by atoms with Crippen molar-refractivity contribution in [2.75, 3.05) is 26.1 Å². The summed E-state index contributed by atoms with van der Waals surface area (Å²) in [4.78, 5) is 14.8. The van der Waals surface area contributed by atoms with Crippen LogP contribution in [0.1, 0.15) is 71.7 Å². The normalized spacial score (nSPS) is 19.0. The Labute approximate surface area is 391 Å². The van der Waals surface area contributed by atoms with Crippen LogP contribution < -0.4 is 20.1 Å². The first-order valence-electron chi connectivity index (χ1n) is 23.2. The van der Waals surface area contributed by atoms with E-state index < -0.39 is 35.6 Å². The SMILES string of the molecule is COc1ccc(C(Nc2ncnc3c2ncn3[C@@H]2O[C@H](COC(c3ccccc3)(c3ccccc3)c3ccc(OC)cc3)[C@@H](O)[C@H]2NC2CCCCC2)(c2ccccc2)c2ccccc2)cc1. The minimum Gasteiger partial charge on any atom is -0.497 e. The van der Waals surface area contributed by atoms with Gasteiger partial charge in [-0.15, -0.1) is 0 Å². The molecule has 0 amide bonds. The number of fused-ring (bicyclic) bond motifs is 1. The molecule has 11 heteroatoms. The van der Waals surface area contributed by atoms with Crippen LogP contribution in [-0.4, -0.2) is 69.7 Å². The summed E-state index contributed by atoms with van der Waals surface area (Å²) in [5, 5.41) is 20.3. The number of methoxy groups -OCH3 is 2. The summed E-state index contributed by atoms with van der Waals surface area (Å²) in [5.74, 6) is 2.04. The van der Waals surface area contributed by atoms with Gasteiger partial charge in [0.2, 0.25) is 0 Å². The van der Waals surface area contributed by atoms with Crippen molar-refractivity contribution >= 4 is 17.0 Å². The number of hydrogen-bond acceptors (Lipinski definition) is 10. The van der Waals surface area contributed by atoms with Gasteiger partial charge < -0.3 is 34.7 Å². The molecule has 8 aromatic rings. The molecule has 1 saturated heterocycles. The van der Waals surface area contributed by atoms with E-state index in [1.807, 2.05) is 114 Å². The van der Waals surface area contributed by atoms with Gasteiger partial charge in [0.25, 0.3) is 0 Å². The highest BCUT2D eigenvalue weighted by Crippen LogP contribution is 2.44. The maximum Gasteiger partial charge on any atom is 0.167 e. The predicted octanol–water partition coefficient (Wildman–Crippen LogP) is 9.81. The number of aliphatic hydroxyl groups excluding tert-OH is 1. The first-order valence-corrected chi connectivity index (χ1v) is 23.2. The molecule has 0 unspecified atom stereocenters. The fourth-order valence-corrected chi connectivity index (χ4v) is 10.2. The summed E-state index contributed by atoms with van der Waals surface area (Å²) in [6.07, 6.45) is 6.48. The second-order valence-electron chi connectivity index (χ2n) is 17.4. The molecule has 3 heterocycles. The maximum atomic E-state index is 12.5. The topological polar surface area (TPSA) is 125 Å². The molecular formula is C56H56N6O5. The van der Waals surface area contributed by atoms with E-state index in [2.05, 4.69) is 71.3 Å². The number of nitrogens with one attached hydrogen (secondary N) is 2. The van der Waals surface area contributed by atoms with Crippen LogP contribution >= 0.6 is 0 Å². The van der Waals surface area contributed by atoms with E-state index in [-0.39, 0.29) is 12.6 Å². The van der Waals surface area contributed by atoms with E-state index in [0.29, 0.717) is 17.0 Å². The van der Waals surface area contributed by atoms with Crippen LogP contribution in [0.4, 0.5) is 5.82 Å². The summed E-state index contributed by atoms with van der Waals surface area (Å²) in [6.45, 7) is 0.0727. The van der Waals surface area contributed by atoms with Crippen molar-refractivity contribution in [3.63, 3.8) is 0 Å². The Bertz CT molecular complexity index is 2750. The minimum atomic E-state index is -1.05. The molecule has 0 spiro atoms. The highest BCUT2D eigenvalue weighted by Gasteiger charge is 2.48. The second kappa shape index (κ2) is 19.5. The third kappa shape index (κ3) is 8.44. The number of imidazole rings is 1. The number of aliphatic hydroxyl groups is 1. The summed E-state index contributed by atoms with van der Waals surface area (Å²) in [5.41, 5.74) is 4.99. The average Bonchev–Trinajstić information content (AvgIpc) is 3.97. The van der Waals surface area contributed by atoms with Crippen LogP contribution in [-0.2, 0) is 20.6 Å². The van der Waals surface area contributed by atoms with Crippen LogP contribution in [0.3, 0.4) is 0 Å². The Morgan fingerprint density at radius 1 is 0.612 bits per heavy atom. The lowest BCUT2D eigenvalue weighted by molar-refractivity contribution is -0.0933. The average molecular weight is 893 g/mol. The minimum absolute atomic E-state index is 0.0727. The van der Waals surface area contributed by atoms with E-state index in [4.69, 9.17) is 33.9 Å². The quantitative estimate of drug-likeness (QED) is 0.0808. The molecule has 2 fully saturated rings. The summed E-state index contributed by atoms with van der Waals surface area (Å²) >= 11 is 0. The third-order valence-corrected chi connectivity index (χ3v) is 13.6. The smallest absolute Gasteiger partial charge is 0.167 e. The van der Waals surface area contributed by atoms with Gasteiger partial charge in [0.15, 0.2) is 23.2 Å². The van der Waals surface area contributed by atoms with Crippen LogP contribution in [0.2, 0.25) is 0 Å². The van der Waals surface area contributed by atoms with Crippen molar-refractivity contribution in [1.82, 2.24) is 24.8 Å². The molecule has 0 bridgehead atoms. The Hall–Kier alpha value is -6.89. The summed E-state index contributed by atoms with van der Waals surface area (Å²) < 4.78 is 27.5. The molecule has 6 aromatic carbocycles. The molecule has 1 saturated carbocycles. The monoisotopic (exact) mass is 892 g/mol. The molecule has 0 radical (unpaired) electrons. The number of aromatic nitrogens is 4. The second-order valence-corrected chi connectivity index (χ2v) is 17.4. The molecule has 2 aliphatic rings. The molecular weight excluding hydrogens is 837 g/mol. The highest BCUT2D eigenvalue weighted by molar-refractivity contribution is 5.84. The van der Waals surface area contributed by atoms with Gasteiger partial charge in [-0.05, 0) is 70.5 Å². The largest absolute Gasteiger partial charge is 0.497 e. The zero-order valence-corrected chi connectivity index (χ0v) is 37.8. The molecule has 11 nitrogen and oxygen atoms in total. The van der Waals surface area contributed by atoms with Gasteiger partial charge in [0.1, 0.15) is 41.2 Å². The van der Waals surface area contributed by atoms with Gasteiger partial charge in [-0.1, -0.05) is 165 Å². The maximum absolute atomic E-state index is 12.5. The number of nitrogens with zero attached hydrogens (tertiary/aromatic N) is 4. The number of anilines is 1. The molecule has 10 rings (SSSR count). The van der Waals surface area contributed by atoms with Gasteiger partial charge in [-0.2, -0.15) is 0 Å². The third-order valence-electron chi connectivity index (χ3n) is 13.6. The van der Waals surface area contributed by atoms with Gasteiger partial charge in [0.05, 0.1) is 33.2 Å². The number of hydrogen-bond donors (Lipinski definition) is 3. The van der Waals surface area contributed by atoms with E-state index >= 15 is 0 Å². The first kappa shape index (κ1) is 44.0. The molecule has 4 atom stereocenters. The number of benzene rings is 6. The summed E-state index contributed by atoms with van der Waals surface area (Å²) in [7, 11) is 3.34. The number of ether oxygens (including phenoxy) is 4. The van der Waals surface area contributed by atoms with Crippen molar-refractivity contribution in [2.24, 2.45) is 0 Å². The number of rotatable bonds is 16.